The lowest BCUT2D eigenvalue weighted by molar-refractivity contribution is -0.311. The number of methoxy groups -OCH3 is 1. The maximum Gasteiger partial charge on any atom is 0.184 e. The van der Waals surface area contributed by atoms with E-state index >= 15 is 0 Å². The molecule has 6 nitrogen and oxygen atoms in total. The van der Waals surface area contributed by atoms with E-state index in [-0.39, 0.29) is 6.61 Å². The molecule has 0 bridgehead atoms. The summed E-state index contributed by atoms with van der Waals surface area (Å²) in [7, 11) is 1.54. The first-order chi connectivity index (χ1) is 16.7. The summed E-state index contributed by atoms with van der Waals surface area (Å²) in [6.07, 6.45) is -3.45. The number of aliphatic hydroxyl groups is 1. The summed E-state index contributed by atoms with van der Waals surface area (Å²) in [4.78, 5) is 0. The van der Waals surface area contributed by atoms with Gasteiger partial charge in [-0.2, -0.15) is 0 Å². The van der Waals surface area contributed by atoms with Crippen LogP contribution in [0.5, 0.6) is 0 Å². The quantitative estimate of drug-likeness (QED) is 0.461. The number of rotatable bonds is 11. The van der Waals surface area contributed by atoms with E-state index in [4.69, 9.17) is 23.7 Å². The van der Waals surface area contributed by atoms with E-state index in [9.17, 15) is 5.11 Å². The van der Waals surface area contributed by atoms with E-state index in [2.05, 4.69) is 0 Å². The molecule has 3 aromatic carbocycles. The number of benzene rings is 3. The van der Waals surface area contributed by atoms with Crippen LogP contribution in [0.15, 0.2) is 91.0 Å². The van der Waals surface area contributed by atoms with Gasteiger partial charge in [0, 0.05) is 7.11 Å². The Labute approximate surface area is 201 Å². The fourth-order valence-electron chi connectivity index (χ4n) is 4.07. The van der Waals surface area contributed by atoms with Crippen LogP contribution >= 0.6 is 0 Å². The van der Waals surface area contributed by atoms with E-state index in [1.54, 1.807) is 0 Å². The van der Waals surface area contributed by atoms with E-state index in [1.165, 1.54) is 7.11 Å². The van der Waals surface area contributed by atoms with E-state index < -0.39 is 30.7 Å². The van der Waals surface area contributed by atoms with Gasteiger partial charge >= 0.3 is 0 Å². The Bertz CT molecular complexity index is 952. The fraction of sp³-hybridized carbons (Fsp3) is 0.357. The standard InChI is InChI=1S/C28H32O6/c1-30-27-26(33-19-23-15-9-4-10-16-23)25(32-18-22-13-7-3-8-14-22)24(34-28(27)29)20-31-17-21-11-5-2-6-12-21/h2-16,24-29H,17-20H2,1H3/t24-,25+,26+,27-,28+/m1/s1. The second-order valence-corrected chi connectivity index (χ2v) is 8.29. The molecule has 0 spiro atoms. The van der Waals surface area contributed by atoms with Gasteiger partial charge in [-0.05, 0) is 16.7 Å². The van der Waals surface area contributed by atoms with Gasteiger partial charge in [-0.3, -0.25) is 0 Å². The Morgan fingerprint density at radius 2 is 1.12 bits per heavy atom. The second-order valence-electron chi connectivity index (χ2n) is 8.29. The molecule has 180 valence electrons. The zero-order valence-corrected chi connectivity index (χ0v) is 19.4. The highest BCUT2D eigenvalue weighted by Gasteiger charge is 2.47. The van der Waals surface area contributed by atoms with Crippen LogP contribution in [0.3, 0.4) is 0 Å². The molecule has 4 rings (SSSR count). The van der Waals surface area contributed by atoms with Gasteiger partial charge in [0.1, 0.15) is 24.4 Å². The predicted octanol–water partition coefficient (Wildman–Crippen LogP) is 4.11. The van der Waals surface area contributed by atoms with Crippen LogP contribution in [0.1, 0.15) is 16.7 Å². The van der Waals surface area contributed by atoms with E-state index in [1.807, 2.05) is 91.0 Å². The monoisotopic (exact) mass is 464 g/mol. The molecule has 1 N–H and O–H groups in total. The summed E-state index contributed by atoms with van der Waals surface area (Å²) in [5.41, 5.74) is 3.12. The van der Waals surface area contributed by atoms with Crippen molar-refractivity contribution in [1.82, 2.24) is 0 Å². The molecule has 0 saturated carbocycles. The van der Waals surface area contributed by atoms with Gasteiger partial charge in [-0.25, -0.2) is 0 Å². The first-order valence-corrected chi connectivity index (χ1v) is 11.5. The van der Waals surface area contributed by atoms with Crippen molar-refractivity contribution in [3.8, 4) is 0 Å². The van der Waals surface area contributed by atoms with Gasteiger partial charge < -0.3 is 28.8 Å². The second kappa shape index (κ2) is 12.8. The molecule has 0 aliphatic carbocycles. The first kappa shape index (κ1) is 24.5. The summed E-state index contributed by atoms with van der Waals surface area (Å²) in [5, 5.41) is 10.7. The van der Waals surface area contributed by atoms with Gasteiger partial charge in [0.15, 0.2) is 6.29 Å². The molecule has 0 amide bonds. The summed E-state index contributed by atoms with van der Waals surface area (Å²) in [6.45, 7) is 1.42. The largest absolute Gasteiger partial charge is 0.374 e. The van der Waals surface area contributed by atoms with Crippen molar-refractivity contribution in [2.75, 3.05) is 13.7 Å². The lowest BCUT2D eigenvalue weighted by Crippen LogP contribution is -2.61. The predicted molar refractivity (Wildman–Crippen MR) is 128 cm³/mol. The minimum atomic E-state index is -1.16. The Kier molecular flexibility index (Phi) is 9.21. The van der Waals surface area contributed by atoms with Crippen LogP contribution in [0.4, 0.5) is 0 Å². The maximum absolute atomic E-state index is 10.7. The highest BCUT2D eigenvalue weighted by atomic mass is 16.7. The molecule has 1 fully saturated rings. The Hall–Kier alpha value is -2.58. The number of hydrogen-bond acceptors (Lipinski definition) is 6. The average Bonchev–Trinajstić information content (AvgIpc) is 2.88. The summed E-state index contributed by atoms with van der Waals surface area (Å²) >= 11 is 0. The molecule has 34 heavy (non-hydrogen) atoms. The first-order valence-electron chi connectivity index (χ1n) is 11.5. The zero-order valence-electron chi connectivity index (χ0n) is 19.4. The molecule has 0 radical (unpaired) electrons. The highest BCUT2D eigenvalue weighted by Crippen LogP contribution is 2.29. The van der Waals surface area contributed by atoms with Gasteiger partial charge in [0.25, 0.3) is 0 Å². The third-order valence-corrected chi connectivity index (χ3v) is 5.85. The normalized spacial score (nSPS) is 24.7. The van der Waals surface area contributed by atoms with E-state index in [0.29, 0.717) is 19.8 Å². The third kappa shape index (κ3) is 6.73. The molecule has 1 aliphatic rings. The third-order valence-electron chi connectivity index (χ3n) is 5.85. The Morgan fingerprint density at radius 1 is 0.647 bits per heavy atom. The molecular formula is C28H32O6. The van der Waals surface area contributed by atoms with Crippen LogP contribution in [0.2, 0.25) is 0 Å². The molecule has 0 unspecified atom stereocenters. The van der Waals surface area contributed by atoms with Gasteiger partial charge in [0.05, 0.1) is 26.4 Å². The van der Waals surface area contributed by atoms with Crippen LogP contribution in [-0.2, 0) is 43.5 Å². The van der Waals surface area contributed by atoms with Crippen molar-refractivity contribution in [1.29, 1.82) is 0 Å². The SMILES string of the molecule is CO[C@@H]1[C@@H](OCc2ccccc2)[C@@H](OCc2ccccc2)[C@@H](COCc2ccccc2)O[C@@H]1O. The molecule has 5 atom stereocenters. The Balaban J connectivity index is 1.49. The Morgan fingerprint density at radius 3 is 1.62 bits per heavy atom. The highest BCUT2D eigenvalue weighted by molar-refractivity contribution is 5.15. The number of hydrogen-bond donors (Lipinski definition) is 1. The van der Waals surface area contributed by atoms with Gasteiger partial charge in [-0.1, -0.05) is 91.0 Å². The van der Waals surface area contributed by atoms with Crippen LogP contribution in [0.25, 0.3) is 0 Å². The summed E-state index contributed by atoms with van der Waals surface area (Å²) < 4.78 is 30.1. The molecule has 6 heteroatoms. The molecular weight excluding hydrogens is 432 g/mol. The molecule has 1 heterocycles. The minimum Gasteiger partial charge on any atom is -0.374 e. The lowest BCUT2D eigenvalue weighted by Gasteiger charge is -2.44. The number of aliphatic hydroxyl groups excluding tert-OH is 1. The summed E-state index contributed by atoms with van der Waals surface area (Å²) in [6, 6.07) is 29.8. The van der Waals surface area contributed by atoms with E-state index in [0.717, 1.165) is 16.7 Å². The van der Waals surface area contributed by atoms with Crippen LogP contribution in [-0.4, -0.2) is 49.5 Å². The van der Waals surface area contributed by atoms with Gasteiger partial charge in [0.2, 0.25) is 0 Å². The zero-order chi connectivity index (χ0) is 23.6. The van der Waals surface area contributed by atoms with Crippen molar-refractivity contribution in [3.05, 3.63) is 108 Å². The number of ether oxygens (including phenoxy) is 5. The van der Waals surface area contributed by atoms with Crippen molar-refractivity contribution in [2.45, 2.75) is 50.5 Å². The van der Waals surface area contributed by atoms with Crippen LogP contribution < -0.4 is 0 Å². The molecule has 0 aromatic heterocycles. The van der Waals surface area contributed by atoms with Crippen molar-refractivity contribution >= 4 is 0 Å². The van der Waals surface area contributed by atoms with Crippen molar-refractivity contribution < 1.29 is 28.8 Å². The average molecular weight is 465 g/mol. The smallest absolute Gasteiger partial charge is 0.184 e. The van der Waals surface area contributed by atoms with Crippen molar-refractivity contribution in [2.24, 2.45) is 0 Å². The summed E-state index contributed by atoms with van der Waals surface area (Å²) in [5.74, 6) is 0. The molecule has 3 aromatic rings. The maximum atomic E-state index is 10.7. The lowest BCUT2D eigenvalue weighted by atomic mass is 9.98. The van der Waals surface area contributed by atoms with Crippen molar-refractivity contribution in [3.63, 3.8) is 0 Å². The molecule has 1 saturated heterocycles. The van der Waals surface area contributed by atoms with Gasteiger partial charge in [-0.15, -0.1) is 0 Å². The fourth-order valence-corrected chi connectivity index (χ4v) is 4.07. The van der Waals surface area contributed by atoms with Crippen LogP contribution in [0, 0.1) is 0 Å². The topological polar surface area (TPSA) is 66.4 Å². The minimum absolute atomic E-state index is 0.243. The molecule has 1 aliphatic heterocycles.